The largest absolute Gasteiger partial charge is 0.390 e. The zero-order valence-corrected chi connectivity index (χ0v) is 9.34. The topological polar surface area (TPSA) is 29.5 Å². The lowest BCUT2D eigenvalue weighted by Gasteiger charge is -2.18. The Kier molecular flexibility index (Phi) is 9.31. The van der Waals surface area contributed by atoms with Crippen molar-refractivity contribution in [2.45, 2.75) is 71.0 Å². The highest BCUT2D eigenvalue weighted by Gasteiger charge is 2.19. The van der Waals surface area contributed by atoms with E-state index in [1.807, 2.05) is 0 Å². The van der Waals surface area contributed by atoms with Crippen LogP contribution in [0.5, 0.6) is 0 Å². The van der Waals surface area contributed by atoms with Crippen molar-refractivity contribution in [2.75, 3.05) is 0 Å². The van der Waals surface area contributed by atoms with Crippen LogP contribution < -0.4 is 0 Å². The van der Waals surface area contributed by atoms with Crippen molar-refractivity contribution in [1.82, 2.24) is 0 Å². The standard InChI is InChI=1S/C11H23FO2/c1-3-5-7-9-11(14-12)10(13)8-6-4-2/h10-11,13H,3-9H2,1-2H3/t10?,11-/m0/s1. The highest BCUT2D eigenvalue weighted by molar-refractivity contribution is 4.68. The average Bonchev–Trinajstić information content (AvgIpc) is 2.21. The molecule has 0 aliphatic heterocycles. The molecule has 0 aliphatic carbocycles. The quantitative estimate of drug-likeness (QED) is 0.586. The highest BCUT2D eigenvalue weighted by Crippen LogP contribution is 2.15. The summed E-state index contributed by atoms with van der Waals surface area (Å²) in [5.74, 6) is 0. The molecule has 0 heterocycles. The van der Waals surface area contributed by atoms with Crippen molar-refractivity contribution in [1.29, 1.82) is 0 Å². The van der Waals surface area contributed by atoms with E-state index in [0.717, 1.165) is 32.1 Å². The molecule has 2 nitrogen and oxygen atoms in total. The fourth-order valence-electron chi connectivity index (χ4n) is 1.49. The summed E-state index contributed by atoms with van der Waals surface area (Å²) in [5.41, 5.74) is 0. The molecule has 0 aromatic rings. The van der Waals surface area contributed by atoms with Gasteiger partial charge in [0.2, 0.25) is 0 Å². The molecule has 1 unspecified atom stereocenters. The van der Waals surface area contributed by atoms with Crippen molar-refractivity contribution in [3.8, 4) is 0 Å². The number of aliphatic hydroxyl groups excluding tert-OH is 1. The van der Waals surface area contributed by atoms with Crippen molar-refractivity contribution >= 4 is 0 Å². The summed E-state index contributed by atoms with van der Waals surface area (Å²) in [6.07, 6.45) is 5.04. The minimum Gasteiger partial charge on any atom is -0.390 e. The normalized spacial score (nSPS) is 15.4. The van der Waals surface area contributed by atoms with Crippen LogP contribution in [0.25, 0.3) is 0 Å². The number of rotatable bonds is 9. The Labute approximate surface area is 86.4 Å². The van der Waals surface area contributed by atoms with Gasteiger partial charge in [-0.05, 0) is 17.4 Å². The maximum absolute atomic E-state index is 12.1. The molecular weight excluding hydrogens is 183 g/mol. The fraction of sp³-hybridized carbons (Fsp3) is 1.00. The summed E-state index contributed by atoms with van der Waals surface area (Å²) in [4.78, 5) is 3.81. The number of halogens is 1. The first-order valence-corrected chi connectivity index (χ1v) is 5.71. The zero-order valence-electron chi connectivity index (χ0n) is 9.34. The molecule has 0 aromatic heterocycles. The van der Waals surface area contributed by atoms with Crippen LogP contribution in [-0.2, 0) is 4.94 Å². The Hall–Kier alpha value is -0.150. The molecule has 0 aliphatic rings. The molecule has 86 valence electrons. The van der Waals surface area contributed by atoms with Crippen molar-refractivity contribution in [3.05, 3.63) is 0 Å². The number of unbranched alkanes of at least 4 members (excludes halogenated alkanes) is 3. The molecule has 0 rings (SSSR count). The number of hydrogen-bond donors (Lipinski definition) is 1. The highest BCUT2D eigenvalue weighted by atomic mass is 19.3. The molecule has 2 atom stereocenters. The van der Waals surface area contributed by atoms with Gasteiger partial charge in [0.25, 0.3) is 0 Å². The number of hydrogen-bond acceptors (Lipinski definition) is 2. The molecule has 1 N–H and O–H groups in total. The molecule has 0 bridgehead atoms. The SMILES string of the molecule is CCCCC[C@H](OF)C(O)CCCC. The van der Waals surface area contributed by atoms with Gasteiger partial charge in [0.05, 0.1) is 6.10 Å². The molecule has 14 heavy (non-hydrogen) atoms. The maximum atomic E-state index is 12.1. The van der Waals surface area contributed by atoms with Gasteiger partial charge in [-0.3, -0.25) is 0 Å². The molecule has 0 fully saturated rings. The lowest BCUT2D eigenvalue weighted by molar-refractivity contribution is -0.211. The van der Waals surface area contributed by atoms with Crippen LogP contribution in [0.15, 0.2) is 0 Å². The van der Waals surface area contributed by atoms with E-state index in [0.29, 0.717) is 12.8 Å². The zero-order chi connectivity index (χ0) is 10.8. The first-order chi connectivity index (χ1) is 6.76. The third kappa shape index (κ3) is 6.33. The van der Waals surface area contributed by atoms with E-state index in [1.54, 1.807) is 0 Å². The Bertz CT molecular complexity index is 120. The molecule has 0 radical (unpaired) electrons. The van der Waals surface area contributed by atoms with E-state index in [2.05, 4.69) is 18.8 Å². The molecular formula is C11H23FO2. The van der Waals surface area contributed by atoms with Gasteiger partial charge in [-0.25, -0.2) is 0 Å². The predicted molar refractivity (Wildman–Crippen MR) is 55.7 cm³/mol. The van der Waals surface area contributed by atoms with Gasteiger partial charge in [-0.15, -0.1) is 0 Å². The second-order valence-electron chi connectivity index (χ2n) is 3.83. The Morgan fingerprint density at radius 2 is 1.71 bits per heavy atom. The molecule has 0 spiro atoms. The van der Waals surface area contributed by atoms with Gasteiger partial charge in [-0.2, -0.15) is 4.94 Å². The molecule has 0 aromatic carbocycles. The van der Waals surface area contributed by atoms with Crippen LogP contribution in [0, 0.1) is 0 Å². The summed E-state index contributed by atoms with van der Waals surface area (Å²) in [6.45, 7) is 4.15. The Morgan fingerprint density at radius 1 is 1.07 bits per heavy atom. The minimum atomic E-state index is -0.642. The molecule has 3 heteroatoms. The number of aliphatic hydroxyl groups is 1. The minimum absolute atomic E-state index is 0.618. The summed E-state index contributed by atoms with van der Waals surface area (Å²) in [5, 5.41) is 9.57. The third-order valence-corrected chi connectivity index (χ3v) is 2.49. The smallest absolute Gasteiger partial charge is 0.124 e. The van der Waals surface area contributed by atoms with Crippen molar-refractivity contribution < 1.29 is 14.6 Å². The van der Waals surface area contributed by atoms with Crippen molar-refractivity contribution in [3.63, 3.8) is 0 Å². The van der Waals surface area contributed by atoms with Gasteiger partial charge in [0, 0.05) is 0 Å². The van der Waals surface area contributed by atoms with E-state index < -0.39 is 12.2 Å². The Balaban J connectivity index is 3.62. The van der Waals surface area contributed by atoms with Gasteiger partial charge < -0.3 is 5.11 Å². The Morgan fingerprint density at radius 3 is 2.21 bits per heavy atom. The first-order valence-electron chi connectivity index (χ1n) is 5.71. The van der Waals surface area contributed by atoms with E-state index >= 15 is 0 Å². The lowest BCUT2D eigenvalue weighted by Crippen LogP contribution is -2.26. The van der Waals surface area contributed by atoms with Gasteiger partial charge in [0.15, 0.2) is 0 Å². The summed E-state index contributed by atoms with van der Waals surface area (Å²) >= 11 is 0. The van der Waals surface area contributed by atoms with Crippen LogP contribution in [0.4, 0.5) is 4.53 Å². The van der Waals surface area contributed by atoms with E-state index in [-0.39, 0.29) is 0 Å². The third-order valence-electron chi connectivity index (χ3n) is 2.49. The van der Waals surface area contributed by atoms with Crippen LogP contribution in [-0.4, -0.2) is 17.3 Å². The van der Waals surface area contributed by atoms with E-state index in [4.69, 9.17) is 0 Å². The van der Waals surface area contributed by atoms with Crippen molar-refractivity contribution in [2.24, 2.45) is 0 Å². The molecule has 0 saturated carbocycles. The first kappa shape index (κ1) is 13.8. The second kappa shape index (κ2) is 9.41. The summed E-state index contributed by atoms with van der Waals surface area (Å²) in [6, 6.07) is 0. The maximum Gasteiger partial charge on any atom is 0.124 e. The van der Waals surface area contributed by atoms with Crippen LogP contribution >= 0.6 is 0 Å². The van der Waals surface area contributed by atoms with E-state index in [9.17, 15) is 9.63 Å². The van der Waals surface area contributed by atoms with Gasteiger partial charge in [-0.1, -0.05) is 46.0 Å². The fourth-order valence-corrected chi connectivity index (χ4v) is 1.49. The van der Waals surface area contributed by atoms with E-state index in [1.165, 1.54) is 0 Å². The second-order valence-corrected chi connectivity index (χ2v) is 3.83. The van der Waals surface area contributed by atoms with Gasteiger partial charge in [0.1, 0.15) is 6.10 Å². The van der Waals surface area contributed by atoms with Crippen LogP contribution in [0.2, 0.25) is 0 Å². The van der Waals surface area contributed by atoms with Crippen LogP contribution in [0.1, 0.15) is 58.8 Å². The summed E-state index contributed by atoms with van der Waals surface area (Å²) in [7, 11) is 0. The predicted octanol–water partition coefficient (Wildman–Crippen LogP) is 3.39. The summed E-state index contributed by atoms with van der Waals surface area (Å²) < 4.78 is 12.1. The lowest BCUT2D eigenvalue weighted by atomic mass is 10.0. The average molecular weight is 206 g/mol. The van der Waals surface area contributed by atoms with Crippen LogP contribution in [0.3, 0.4) is 0 Å². The molecule has 0 saturated heterocycles. The van der Waals surface area contributed by atoms with Gasteiger partial charge >= 0.3 is 0 Å². The monoisotopic (exact) mass is 206 g/mol. The molecule has 0 amide bonds.